The molecule has 5 heteroatoms. The molecule has 2 aromatic rings. The molecule has 3 nitrogen and oxygen atoms in total. The van der Waals surface area contributed by atoms with Crippen molar-refractivity contribution in [2.45, 2.75) is 13.5 Å². The van der Waals surface area contributed by atoms with Crippen LogP contribution in [0.15, 0.2) is 47.6 Å². The predicted molar refractivity (Wildman–Crippen MR) is 81.2 cm³/mol. The summed E-state index contributed by atoms with van der Waals surface area (Å²) in [6.45, 7) is 2.10. The number of hydrogen-bond acceptors (Lipinski definition) is 3. The Kier molecular flexibility index (Phi) is 4.88. The summed E-state index contributed by atoms with van der Waals surface area (Å²) in [7, 11) is 0. The lowest BCUT2D eigenvalue weighted by molar-refractivity contribution is 0.306. The number of benzene rings is 2. The number of halogens is 2. The van der Waals surface area contributed by atoms with Gasteiger partial charge in [0, 0.05) is 5.56 Å². The zero-order valence-corrected chi connectivity index (χ0v) is 12.3. The lowest BCUT2D eigenvalue weighted by atomic mass is 10.1. The first-order valence-corrected chi connectivity index (χ1v) is 6.71. The zero-order chi connectivity index (χ0) is 14.5. The maximum Gasteiger partial charge on any atom is 0.120 e. The third-order valence-corrected chi connectivity index (χ3v) is 3.53. The average Bonchev–Trinajstić information content (AvgIpc) is 2.48. The van der Waals surface area contributed by atoms with Crippen LogP contribution in [0.4, 0.5) is 0 Å². The average molecular weight is 310 g/mol. The van der Waals surface area contributed by atoms with E-state index >= 15 is 0 Å². The molecule has 2 aromatic carbocycles. The lowest BCUT2D eigenvalue weighted by Crippen LogP contribution is -1.98. The van der Waals surface area contributed by atoms with Crippen molar-refractivity contribution < 1.29 is 9.94 Å². The number of ether oxygens (including phenoxy) is 1. The summed E-state index contributed by atoms with van der Waals surface area (Å²) in [6, 6.07) is 12.7. The predicted octanol–water partition coefficient (Wildman–Crippen LogP) is 4.77. The molecule has 0 spiro atoms. The standard InChI is InChI=1S/C15H13Cl2NO2/c1-10(18-19)12-3-2-4-13(8-12)20-9-11-5-6-14(16)15(17)7-11/h2-8,19H,9H2,1H3/b18-10+. The van der Waals surface area contributed by atoms with E-state index in [1.807, 2.05) is 30.3 Å². The summed E-state index contributed by atoms with van der Waals surface area (Å²) in [5, 5.41) is 13.0. The monoisotopic (exact) mass is 309 g/mol. The summed E-state index contributed by atoms with van der Waals surface area (Å²) < 4.78 is 5.68. The van der Waals surface area contributed by atoms with Gasteiger partial charge in [-0.2, -0.15) is 0 Å². The van der Waals surface area contributed by atoms with Crippen molar-refractivity contribution in [3.63, 3.8) is 0 Å². The Bertz CT molecular complexity index is 642. The van der Waals surface area contributed by atoms with Crippen LogP contribution in [0.5, 0.6) is 5.75 Å². The van der Waals surface area contributed by atoms with Crippen LogP contribution in [0.3, 0.4) is 0 Å². The second kappa shape index (κ2) is 6.64. The van der Waals surface area contributed by atoms with Crippen molar-refractivity contribution in [1.82, 2.24) is 0 Å². The number of hydrogen-bond donors (Lipinski definition) is 1. The van der Waals surface area contributed by atoms with Crippen LogP contribution in [0.2, 0.25) is 10.0 Å². The molecule has 0 fully saturated rings. The second-order valence-electron chi connectivity index (χ2n) is 4.25. The molecule has 104 valence electrons. The van der Waals surface area contributed by atoms with Gasteiger partial charge in [-0.05, 0) is 36.8 Å². The first-order chi connectivity index (χ1) is 9.60. The summed E-state index contributed by atoms with van der Waals surface area (Å²) in [6.07, 6.45) is 0. The second-order valence-corrected chi connectivity index (χ2v) is 5.06. The molecule has 20 heavy (non-hydrogen) atoms. The molecule has 0 amide bonds. The maximum absolute atomic E-state index is 8.76. The van der Waals surface area contributed by atoms with Crippen LogP contribution in [0.1, 0.15) is 18.1 Å². The Morgan fingerprint density at radius 1 is 1.15 bits per heavy atom. The molecule has 0 saturated heterocycles. The summed E-state index contributed by atoms with van der Waals surface area (Å²) in [5.41, 5.74) is 2.27. The van der Waals surface area contributed by atoms with Crippen molar-refractivity contribution in [2.24, 2.45) is 5.16 Å². The third-order valence-electron chi connectivity index (χ3n) is 2.79. The third kappa shape index (κ3) is 3.65. The Morgan fingerprint density at radius 3 is 2.65 bits per heavy atom. The normalized spacial score (nSPS) is 11.4. The fourth-order valence-electron chi connectivity index (χ4n) is 1.66. The molecular formula is C15H13Cl2NO2. The molecule has 0 saturated carbocycles. The van der Waals surface area contributed by atoms with Crippen molar-refractivity contribution in [1.29, 1.82) is 0 Å². The highest BCUT2D eigenvalue weighted by atomic mass is 35.5. The quantitative estimate of drug-likeness (QED) is 0.502. The molecule has 0 atom stereocenters. The molecule has 0 radical (unpaired) electrons. The minimum atomic E-state index is 0.385. The van der Waals surface area contributed by atoms with E-state index < -0.39 is 0 Å². The zero-order valence-electron chi connectivity index (χ0n) is 10.8. The van der Waals surface area contributed by atoms with Gasteiger partial charge in [0.2, 0.25) is 0 Å². The van der Waals surface area contributed by atoms with E-state index in [2.05, 4.69) is 5.16 Å². The van der Waals surface area contributed by atoms with Gasteiger partial charge in [-0.1, -0.05) is 46.6 Å². The van der Waals surface area contributed by atoms with Crippen LogP contribution < -0.4 is 4.74 Å². The van der Waals surface area contributed by atoms with Gasteiger partial charge in [0.1, 0.15) is 12.4 Å². The van der Waals surface area contributed by atoms with Crippen molar-refractivity contribution >= 4 is 28.9 Å². The van der Waals surface area contributed by atoms with Crippen LogP contribution in [0.25, 0.3) is 0 Å². The van der Waals surface area contributed by atoms with Gasteiger partial charge in [0.15, 0.2) is 0 Å². The SMILES string of the molecule is C/C(=N\O)c1cccc(OCc2ccc(Cl)c(Cl)c2)c1. The molecular weight excluding hydrogens is 297 g/mol. The van der Waals surface area contributed by atoms with Gasteiger partial charge >= 0.3 is 0 Å². The first kappa shape index (κ1) is 14.7. The highest BCUT2D eigenvalue weighted by Gasteiger charge is 2.03. The van der Waals surface area contributed by atoms with E-state index in [1.54, 1.807) is 19.1 Å². The van der Waals surface area contributed by atoms with Gasteiger partial charge in [0.05, 0.1) is 15.8 Å². The molecule has 0 unspecified atom stereocenters. The molecule has 1 N–H and O–H groups in total. The maximum atomic E-state index is 8.76. The van der Waals surface area contributed by atoms with Crippen LogP contribution in [0, 0.1) is 0 Å². The number of rotatable bonds is 4. The van der Waals surface area contributed by atoms with Crippen LogP contribution >= 0.6 is 23.2 Å². The highest BCUT2D eigenvalue weighted by molar-refractivity contribution is 6.42. The summed E-state index contributed by atoms with van der Waals surface area (Å²) >= 11 is 11.8. The molecule has 0 aliphatic carbocycles. The van der Waals surface area contributed by atoms with E-state index in [4.69, 9.17) is 33.1 Å². The van der Waals surface area contributed by atoms with E-state index in [0.29, 0.717) is 28.1 Å². The van der Waals surface area contributed by atoms with Crippen molar-refractivity contribution in [2.75, 3.05) is 0 Å². The van der Waals surface area contributed by atoms with E-state index in [0.717, 1.165) is 11.1 Å². The first-order valence-electron chi connectivity index (χ1n) is 5.96. The fourth-order valence-corrected chi connectivity index (χ4v) is 1.99. The Hall–Kier alpha value is -1.71. The fraction of sp³-hybridized carbons (Fsp3) is 0.133. The Balaban J connectivity index is 2.09. The van der Waals surface area contributed by atoms with Gasteiger partial charge in [-0.15, -0.1) is 0 Å². The van der Waals surface area contributed by atoms with Gasteiger partial charge in [-0.3, -0.25) is 0 Å². The largest absolute Gasteiger partial charge is 0.489 e. The molecule has 0 aliphatic rings. The summed E-state index contributed by atoms with van der Waals surface area (Å²) in [5.74, 6) is 0.691. The van der Waals surface area contributed by atoms with Crippen molar-refractivity contribution in [3.05, 3.63) is 63.6 Å². The minimum absolute atomic E-state index is 0.385. The van der Waals surface area contributed by atoms with E-state index in [1.165, 1.54) is 0 Å². The van der Waals surface area contributed by atoms with E-state index in [9.17, 15) is 0 Å². The molecule has 0 heterocycles. The van der Waals surface area contributed by atoms with E-state index in [-0.39, 0.29) is 0 Å². The minimum Gasteiger partial charge on any atom is -0.489 e. The highest BCUT2D eigenvalue weighted by Crippen LogP contribution is 2.23. The Morgan fingerprint density at radius 2 is 1.95 bits per heavy atom. The van der Waals surface area contributed by atoms with Crippen LogP contribution in [-0.4, -0.2) is 10.9 Å². The Labute approximate surface area is 127 Å². The lowest BCUT2D eigenvalue weighted by Gasteiger charge is -2.08. The number of nitrogens with zero attached hydrogens (tertiary/aromatic N) is 1. The molecule has 0 aliphatic heterocycles. The number of oxime groups is 1. The summed E-state index contributed by atoms with van der Waals surface area (Å²) in [4.78, 5) is 0. The smallest absolute Gasteiger partial charge is 0.120 e. The van der Waals surface area contributed by atoms with Crippen LogP contribution in [-0.2, 0) is 6.61 Å². The van der Waals surface area contributed by atoms with Gasteiger partial charge in [-0.25, -0.2) is 0 Å². The van der Waals surface area contributed by atoms with Gasteiger partial charge in [0.25, 0.3) is 0 Å². The topological polar surface area (TPSA) is 41.8 Å². The molecule has 0 aromatic heterocycles. The van der Waals surface area contributed by atoms with Gasteiger partial charge < -0.3 is 9.94 Å². The molecule has 0 bridgehead atoms. The van der Waals surface area contributed by atoms with Crippen molar-refractivity contribution in [3.8, 4) is 5.75 Å². The molecule has 2 rings (SSSR count).